The Labute approximate surface area is 107 Å². The predicted molar refractivity (Wildman–Crippen MR) is 67.1 cm³/mol. The maximum absolute atomic E-state index is 12.0. The van der Waals surface area contributed by atoms with Crippen LogP contribution in [0.5, 0.6) is 0 Å². The Hall–Kier alpha value is -1.33. The van der Waals surface area contributed by atoms with Crippen molar-refractivity contribution in [2.45, 2.75) is 26.0 Å². The van der Waals surface area contributed by atoms with Crippen molar-refractivity contribution in [2.24, 2.45) is 0 Å². The molecule has 18 heavy (non-hydrogen) atoms. The van der Waals surface area contributed by atoms with Crippen LogP contribution in [0.2, 0.25) is 0 Å². The molecular weight excluding hydrogens is 232 g/mol. The Bertz CT molecular complexity index is 397. The van der Waals surface area contributed by atoms with Gasteiger partial charge in [0.25, 0.3) is 0 Å². The molecule has 1 aliphatic heterocycles. The number of ether oxygens (including phenoxy) is 1. The number of hydrogen-bond donors (Lipinski definition) is 1. The Morgan fingerprint density at radius 1 is 1.61 bits per heavy atom. The molecule has 1 N–H and O–H groups in total. The van der Waals surface area contributed by atoms with Crippen LogP contribution in [-0.2, 0) is 16.1 Å². The van der Waals surface area contributed by atoms with Gasteiger partial charge in [-0.05, 0) is 13.0 Å². The second-order valence-corrected chi connectivity index (χ2v) is 4.65. The number of carbonyl (C=O) groups excluding carboxylic acids is 1. The molecule has 5 nitrogen and oxygen atoms in total. The van der Waals surface area contributed by atoms with Gasteiger partial charge in [0.05, 0.1) is 25.4 Å². The minimum atomic E-state index is -0.000790. The highest BCUT2D eigenvalue weighted by molar-refractivity contribution is 5.76. The molecule has 2 rings (SSSR count). The van der Waals surface area contributed by atoms with Gasteiger partial charge in [-0.25, -0.2) is 0 Å². The molecule has 1 aliphatic rings. The fourth-order valence-electron chi connectivity index (χ4n) is 2.02. The van der Waals surface area contributed by atoms with E-state index in [1.807, 2.05) is 20.0 Å². The van der Waals surface area contributed by atoms with E-state index in [1.165, 1.54) is 0 Å². The van der Waals surface area contributed by atoms with Crippen LogP contribution in [0.4, 0.5) is 0 Å². The van der Waals surface area contributed by atoms with Crippen molar-refractivity contribution in [1.82, 2.24) is 10.2 Å². The summed E-state index contributed by atoms with van der Waals surface area (Å²) in [6, 6.07) is 1.90. The Kier molecular flexibility index (Phi) is 4.38. The van der Waals surface area contributed by atoms with E-state index in [0.717, 1.165) is 24.4 Å². The number of furan rings is 1. The number of rotatable bonds is 4. The van der Waals surface area contributed by atoms with Crippen molar-refractivity contribution >= 4 is 5.91 Å². The molecule has 0 bridgehead atoms. The standard InChI is InChI=1S/C13H20N2O3/c1-10-11(3-5-17-10)9-15(2)13(16)7-12-8-14-4-6-18-12/h3,5,12,14H,4,6-9H2,1-2H3. The number of aryl methyl sites for hydroxylation is 1. The highest BCUT2D eigenvalue weighted by Gasteiger charge is 2.20. The molecular formula is C13H20N2O3. The number of nitrogens with zero attached hydrogens (tertiary/aromatic N) is 1. The first-order valence-electron chi connectivity index (χ1n) is 6.26. The zero-order valence-electron chi connectivity index (χ0n) is 10.9. The van der Waals surface area contributed by atoms with Gasteiger partial charge in [-0.3, -0.25) is 4.79 Å². The largest absolute Gasteiger partial charge is 0.469 e. The third-order valence-electron chi connectivity index (χ3n) is 3.21. The van der Waals surface area contributed by atoms with Crippen LogP contribution in [0.3, 0.4) is 0 Å². The molecule has 1 fully saturated rings. The first-order chi connectivity index (χ1) is 8.66. The van der Waals surface area contributed by atoms with Crippen LogP contribution < -0.4 is 5.32 Å². The number of amides is 1. The van der Waals surface area contributed by atoms with Gasteiger partial charge in [0.15, 0.2) is 0 Å². The highest BCUT2D eigenvalue weighted by atomic mass is 16.5. The summed E-state index contributed by atoms with van der Waals surface area (Å²) in [7, 11) is 1.81. The molecule has 100 valence electrons. The summed E-state index contributed by atoms with van der Waals surface area (Å²) in [6.07, 6.45) is 2.08. The third-order valence-corrected chi connectivity index (χ3v) is 3.21. The maximum atomic E-state index is 12.0. The first-order valence-corrected chi connectivity index (χ1v) is 6.26. The van der Waals surface area contributed by atoms with E-state index < -0.39 is 0 Å². The molecule has 1 saturated heterocycles. The van der Waals surface area contributed by atoms with E-state index in [-0.39, 0.29) is 12.0 Å². The summed E-state index contributed by atoms with van der Waals surface area (Å²) in [5.74, 6) is 0.967. The normalized spacial score (nSPS) is 19.8. The minimum Gasteiger partial charge on any atom is -0.469 e. The van der Waals surface area contributed by atoms with Crippen LogP contribution >= 0.6 is 0 Å². The van der Waals surface area contributed by atoms with Gasteiger partial charge in [-0.1, -0.05) is 0 Å². The molecule has 0 spiro atoms. The molecule has 1 aromatic rings. The lowest BCUT2D eigenvalue weighted by Crippen LogP contribution is -2.41. The summed E-state index contributed by atoms with van der Waals surface area (Å²) < 4.78 is 10.8. The van der Waals surface area contributed by atoms with Gasteiger partial charge in [-0.15, -0.1) is 0 Å². The zero-order valence-corrected chi connectivity index (χ0v) is 10.9. The molecule has 0 saturated carbocycles. The fourth-order valence-corrected chi connectivity index (χ4v) is 2.02. The Morgan fingerprint density at radius 2 is 2.44 bits per heavy atom. The van der Waals surface area contributed by atoms with Crippen molar-refractivity contribution in [3.05, 3.63) is 23.7 Å². The molecule has 0 radical (unpaired) electrons. The molecule has 1 amide bonds. The molecule has 1 atom stereocenters. The van der Waals surface area contributed by atoms with E-state index in [2.05, 4.69) is 5.32 Å². The molecule has 0 aliphatic carbocycles. The molecule has 2 heterocycles. The number of hydrogen-bond acceptors (Lipinski definition) is 4. The quantitative estimate of drug-likeness (QED) is 0.866. The van der Waals surface area contributed by atoms with Crippen molar-refractivity contribution in [1.29, 1.82) is 0 Å². The lowest BCUT2D eigenvalue weighted by atomic mass is 10.2. The van der Waals surface area contributed by atoms with E-state index in [9.17, 15) is 4.79 Å². The molecule has 1 aromatic heterocycles. The van der Waals surface area contributed by atoms with Crippen molar-refractivity contribution in [3.63, 3.8) is 0 Å². The lowest BCUT2D eigenvalue weighted by Gasteiger charge is -2.25. The van der Waals surface area contributed by atoms with Crippen LogP contribution in [0.1, 0.15) is 17.7 Å². The monoisotopic (exact) mass is 252 g/mol. The second kappa shape index (κ2) is 6.02. The van der Waals surface area contributed by atoms with Crippen LogP contribution in [0, 0.1) is 6.92 Å². The van der Waals surface area contributed by atoms with Crippen LogP contribution in [-0.4, -0.2) is 43.7 Å². The van der Waals surface area contributed by atoms with Gasteiger partial charge in [0, 0.05) is 32.2 Å². The Morgan fingerprint density at radius 3 is 3.06 bits per heavy atom. The highest BCUT2D eigenvalue weighted by Crippen LogP contribution is 2.12. The molecule has 5 heteroatoms. The SMILES string of the molecule is Cc1occc1CN(C)C(=O)CC1CNCCO1. The van der Waals surface area contributed by atoms with Gasteiger partial charge < -0.3 is 19.4 Å². The summed E-state index contributed by atoms with van der Waals surface area (Å²) in [5.41, 5.74) is 1.05. The van der Waals surface area contributed by atoms with E-state index >= 15 is 0 Å². The smallest absolute Gasteiger partial charge is 0.225 e. The van der Waals surface area contributed by atoms with Crippen molar-refractivity contribution in [3.8, 4) is 0 Å². The predicted octanol–water partition coefficient (Wildman–Crippen LogP) is 0.925. The Balaban J connectivity index is 1.83. The van der Waals surface area contributed by atoms with Crippen molar-refractivity contribution < 1.29 is 13.9 Å². The van der Waals surface area contributed by atoms with Crippen molar-refractivity contribution in [2.75, 3.05) is 26.7 Å². The van der Waals surface area contributed by atoms with Gasteiger partial charge in [-0.2, -0.15) is 0 Å². The number of morpholine rings is 1. The molecule has 1 unspecified atom stereocenters. The van der Waals surface area contributed by atoms with Crippen LogP contribution in [0.15, 0.2) is 16.7 Å². The summed E-state index contributed by atoms with van der Waals surface area (Å²) in [6.45, 7) is 4.80. The number of nitrogens with one attached hydrogen (secondary N) is 1. The third kappa shape index (κ3) is 3.34. The van der Waals surface area contributed by atoms with Gasteiger partial charge >= 0.3 is 0 Å². The van der Waals surface area contributed by atoms with E-state index in [4.69, 9.17) is 9.15 Å². The summed E-state index contributed by atoms with van der Waals surface area (Å²) in [5, 5.41) is 3.22. The van der Waals surface area contributed by atoms with Gasteiger partial charge in [0.1, 0.15) is 5.76 Å². The lowest BCUT2D eigenvalue weighted by molar-refractivity contribution is -0.133. The fraction of sp³-hybridized carbons (Fsp3) is 0.615. The van der Waals surface area contributed by atoms with Gasteiger partial charge in [0.2, 0.25) is 5.91 Å². The zero-order chi connectivity index (χ0) is 13.0. The average Bonchev–Trinajstić information content (AvgIpc) is 2.76. The molecule has 0 aromatic carbocycles. The maximum Gasteiger partial charge on any atom is 0.225 e. The topological polar surface area (TPSA) is 54.7 Å². The minimum absolute atomic E-state index is 0.000790. The summed E-state index contributed by atoms with van der Waals surface area (Å²) >= 11 is 0. The van der Waals surface area contributed by atoms with Crippen LogP contribution in [0.25, 0.3) is 0 Å². The second-order valence-electron chi connectivity index (χ2n) is 4.65. The average molecular weight is 252 g/mol. The first kappa shape index (κ1) is 13.1. The summed E-state index contributed by atoms with van der Waals surface area (Å²) in [4.78, 5) is 13.8. The number of carbonyl (C=O) groups is 1. The van der Waals surface area contributed by atoms with E-state index in [1.54, 1.807) is 11.2 Å². The van der Waals surface area contributed by atoms with E-state index in [0.29, 0.717) is 19.6 Å².